The van der Waals surface area contributed by atoms with Crippen LogP contribution in [0, 0.1) is 0 Å². The number of guanidine groups is 1. The third kappa shape index (κ3) is 5.71. The Kier molecular flexibility index (Phi) is 7.46. The summed E-state index contributed by atoms with van der Waals surface area (Å²) in [6.07, 6.45) is 1.80. The summed E-state index contributed by atoms with van der Waals surface area (Å²) in [5.74, 6) is 0.931. The first-order valence-electron chi connectivity index (χ1n) is 9.15. The van der Waals surface area contributed by atoms with E-state index >= 15 is 0 Å². The van der Waals surface area contributed by atoms with E-state index < -0.39 is 14.6 Å². The Hall–Kier alpha value is -1.60. The molecule has 146 valence electrons. The molecule has 0 unspecified atom stereocenters. The van der Waals surface area contributed by atoms with Gasteiger partial charge in [-0.05, 0) is 32.3 Å². The van der Waals surface area contributed by atoms with Gasteiger partial charge in [-0.3, -0.25) is 4.99 Å². The first-order chi connectivity index (χ1) is 12.4. The molecule has 0 spiro atoms. The minimum absolute atomic E-state index is 0.170. The molecule has 0 saturated carbocycles. The maximum absolute atomic E-state index is 12.1. The Morgan fingerprint density at radius 2 is 2.00 bits per heavy atom. The first kappa shape index (κ1) is 20.7. The average Bonchev–Trinajstić information content (AvgIpc) is 2.61. The molecule has 1 aromatic carbocycles. The lowest BCUT2D eigenvalue weighted by Crippen LogP contribution is -2.57. The smallest absolute Gasteiger partial charge is 0.193 e. The molecule has 1 aromatic rings. The van der Waals surface area contributed by atoms with E-state index in [9.17, 15) is 8.42 Å². The molecule has 2 rings (SSSR count). The molecule has 1 saturated heterocycles. The van der Waals surface area contributed by atoms with Crippen LogP contribution in [0.2, 0.25) is 0 Å². The van der Waals surface area contributed by atoms with Crippen LogP contribution in [0.5, 0.6) is 0 Å². The van der Waals surface area contributed by atoms with Crippen LogP contribution in [0.3, 0.4) is 0 Å². The molecule has 1 heterocycles. The van der Waals surface area contributed by atoms with Gasteiger partial charge in [-0.15, -0.1) is 0 Å². The second kappa shape index (κ2) is 9.37. The zero-order chi connectivity index (χ0) is 19.0. The van der Waals surface area contributed by atoms with Crippen LogP contribution < -0.4 is 5.32 Å². The number of aliphatic imine (C=N–C) groups is 1. The highest BCUT2D eigenvalue weighted by atomic mass is 32.2. The van der Waals surface area contributed by atoms with Gasteiger partial charge in [0.25, 0.3) is 0 Å². The van der Waals surface area contributed by atoms with Crippen molar-refractivity contribution in [2.24, 2.45) is 4.99 Å². The van der Waals surface area contributed by atoms with E-state index in [1.54, 1.807) is 20.9 Å². The lowest BCUT2D eigenvalue weighted by molar-refractivity contribution is 0.135. The van der Waals surface area contributed by atoms with Crippen molar-refractivity contribution >= 4 is 15.8 Å². The molecule has 26 heavy (non-hydrogen) atoms. The Morgan fingerprint density at radius 3 is 2.65 bits per heavy atom. The fraction of sp³-hybridized carbons (Fsp3) is 0.632. The van der Waals surface area contributed by atoms with E-state index in [2.05, 4.69) is 22.4 Å². The predicted molar refractivity (Wildman–Crippen MR) is 106 cm³/mol. The summed E-state index contributed by atoms with van der Waals surface area (Å²) in [4.78, 5) is 6.32. The van der Waals surface area contributed by atoms with Gasteiger partial charge < -0.3 is 15.0 Å². The third-order valence-electron chi connectivity index (χ3n) is 4.68. The van der Waals surface area contributed by atoms with E-state index in [0.717, 1.165) is 32.0 Å². The summed E-state index contributed by atoms with van der Waals surface area (Å²) in [5.41, 5.74) is 1.29. The number of nitrogens with one attached hydrogen (secondary N) is 1. The van der Waals surface area contributed by atoms with Crippen molar-refractivity contribution in [3.8, 4) is 0 Å². The number of ether oxygens (including phenoxy) is 1. The SMILES string of the molecule is CN=C(NCCCOCCc1ccccc1)N1CCS(=O)(=O)C(C)(C)C1. The molecular weight excluding hydrogens is 350 g/mol. The lowest BCUT2D eigenvalue weighted by Gasteiger charge is -2.39. The standard InChI is InChI=1S/C19H31N3O3S/c1-19(2)16-22(12-15-26(19,23)24)18(20-3)21-11-7-13-25-14-10-17-8-5-4-6-9-17/h4-6,8-9H,7,10-16H2,1-3H3,(H,20,21). The molecule has 6 nitrogen and oxygen atoms in total. The highest BCUT2D eigenvalue weighted by Gasteiger charge is 2.40. The quantitative estimate of drug-likeness (QED) is 0.442. The van der Waals surface area contributed by atoms with Crippen LogP contribution in [-0.2, 0) is 21.0 Å². The van der Waals surface area contributed by atoms with Gasteiger partial charge >= 0.3 is 0 Å². The molecule has 0 atom stereocenters. The Morgan fingerprint density at radius 1 is 1.27 bits per heavy atom. The van der Waals surface area contributed by atoms with Crippen molar-refractivity contribution in [2.45, 2.75) is 31.4 Å². The number of hydrogen-bond donors (Lipinski definition) is 1. The highest BCUT2D eigenvalue weighted by Crippen LogP contribution is 2.23. The molecule has 1 N–H and O–H groups in total. The van der Waals surface area contributed by atoms with Crippen molar-refractivity contribution in [1.29, 1.82) is 0 Å². The van der Waals surface area contributed by atoms with Crippen LogP contribution in [0.1, 0.15) is 25.8 Å². The fourth-order valence-electron chi connectivity index (χ4n) is 2.97. The summed E-state index contributed by atoms with van der Waals surface area (Å²) < 4.78 is 29.2. The molecule has 1 aliphatic rings. The zero-order valence-corrected chi connectivity index (χ0v) is 16.9. The minimum Gasteiger partial charge on any atom is -0.381 e. The van der Waals surface area contributed by atoms with Gasteiger partial charge in [-0.2, -0.15) is 0 Å². The highest BCUT2D eigenvalue weighted by molar-refractivity contribution is 7.92. The van der Waals surface area contributed by atoms with E-state index in [1.807, 2.05) is 23.1 Å². The van der Waals surface area contributed by atoms with Crippen LogP contribution in [0.15, 0.2) is 35.3 Å². The number of nitrogens with zero attached hydrogens (tertiary/aromatic N) is 2. The summed E-state index contributed by atoms with van der Waals surface area (Å²) in [6.45, 7) is 6.67. The number of rotatable bonds is 7. The molecule has 0 bridgehead atoms. The topological polar surface area (TPSA) is 71.0 Å². The second-order valence-electron chi connectivity index (χ2n) is 7.18. The molecule has 0 aliphatic carbocycles. The largest absolute Gasteiger partial charge is 0.381 e. The van der Waals surface area contributed by atoms with Gasteiger partial charge in [-0.1, -0.05) is 30.3 Å². The summed E-state index contributed by atoms with van der Waals surface area (Å²) in [6, 6.07) is 10.3. The van der Waals surface area contributed by atoms with Crippen molar-refractivity contribution in [3.05, 3.63) is 35.9 Å². The van der Waals surface area contributed by atoms with Crippen LogP contribution in [0.4, 0.5) is 0 Å². The number of hydrogen-bond acceptors (Lipinski definition) is 4. The summed E-state index contributed by atoms with van der Waals surface area (Å²) >= 11 is 0. The maximum atomic E-state index is 12.1. The van der Waals surface area contributed by atoms with Gasteiger partial charge in [0.05, 0.1) is 17.1 Å². The number of benzene rings is 1. The fourth-order valence-corrected chi connectivity index (χ4v) is 4.33. The maximum Gasteiger partial charge on any atom is 0.193 e. The van der Waals surface area contributed by atoms with Crippen molar-refractivity contribution in [3.63, 3.8) is 0 Å². The van der Waals surface area contributed by atoms with Gasteiger partial charge in [-0.25, -0.2) is 8.42 Å². The molecule has 0 aromatic heterocycles. The molecular formula is C19H31N3O3S. The van der Waals surface area contributed by atoms with Crippen molar-refractivity contribution in [2.75, 3.05) is 45.6 Å². The Balaban J connectivity index is 1.65. The average molecular weight is 382 g/mol. The molecule has 0 amide bonds. The van der Waals surface area contributed by atoms with Gasteiger partial charge in [0, 0.05) is 33.3 Å². The van der Waals surface area contributed by atoms with Crippen LogP contribution in [-0.4, -0.2) is 69.7 Å². The van der Waals surface area contributed by atoms with Crippen LogP contribution in [0.25, 0.3) is 0 Å². The molecule has 7 heteroatoms. The predicted octanol–water partition coefficient (Wildman–Crippen LogP) is 1.72. The normalized spacial score (nSPS) is 19.3. The summed E-state index contributed by atoms with van der Waals surface area (Å²) in [5, 5.41) is 3.31. The van der Waals surface area contributed by atoms with Crippen molar-refractivity contribution in [1.82, 2.24) is 10.2 Å². The third-order valence-corrected chi connectivity index (χ3v) is 7.21. The van der Waals surface area contributed by atoms with E-state index in [0.29, 0.717) is 19.7 Å². The van der Waals surface area contributed by atoms with E-state index in [-0.39, 0.29) is 5.75 Å². The van der Waals surface area contributed by atoms with E-state index in [1.165, 1.54) is 5.56 Å². The Labute approximate surface area is 157 Å². The van der Waals surface area contributed by atoms with Crippen LogP contribution >= 0.6 is 0 Å². The van der Waals surface area contributed by atoms with Crippen molar-refractivity contribution < 1.29 is 13.2 Å². The van der Waals surface area contributed by atoms with Gasteiger partial charge in [0.15, 0.2) is 15.8 Å². The van der Waals surface area contributed by atoms with Gasteiger partial charge in [0.1, 0.15) is 0 Å². The minimum atomic E-state index is -3.04. The second-order valence-corrected chi connectivity index (χ2v) is 9.92. The van der Waals surface area contributed by atoms with Gasteiger partial charge in [0.2, 0.25) is 0 Å². The molecule has 1 aliphatic heterocycles. The van der Waals surface area contributed by atoms with E-state index in [4.69, 9.17) is 4.74 Å². The lowest BCUT2D eigenvalue weighted by atomic mass is 10.2. The number of sulfone groups is 1. The zero-order valence-electron chi connectivity index (χ0n) is 16.1. The summed E-state index contributed by atoms with van der Waals surface area (Å²) in [7, 11) is -1.31. The molecule has 0 radical (unpaired) electrons. The Bertz CT molecular complexity index is 687. The molecule has 1 fully saturated rings. The monoisotopic (exact) mass is 381 g/mol. The first-order valence-corrected chi connectivity index (χ1v) is 10.8.